The van der Waals surface area contributed by atoms with Crippen molar-refractivity contribution in [1.29, 1.82) is 0 Å². The Bertz CT molecular complexity index is 630. The van der Waals surface area contributed by atoms with Gasteiger partial charge in [-0.1, -0.05) is 0 Å². The highest BCUT2D eigenvalue weighted by Crippen LogP contribution is 2.36. The van der Waals surface area contributed by atoms with Crippen LogP contribution in [-0.4, -0.2) is 14.8 Å². The molecule has 0 saturated carbocycles. The largest absolute Gasteiger partial charge is 0.482 e. The highest BCUT2D eigenvalue weighted by Gasteiger charge is 2.38. The molecule has 0 unspecified atom stereocenters. The Labute approximate surface area is 118 Å². The van der Waals surface area contributed by atoms with Gasteiger partial charge in [-0.15, -0.1) is 11.3 Å². The van der Waals surface area contributed by atoms with Gasteiger partial charge in [0.2, 0.25) is 0 Å². The third-order valence-electron chi connectivity index (χ3n) is 2.37. The number of alkyl halides is 6. The van der Waals surface area contributed by atoms with Crippen molar-refractivity contribution >= 4 is 11.3 Å². The molecule has 0 aromatic carbocycles. The summed E-state index contributed by atoms with van der Waals surface area (Å²) in [6, 6.07) is 0. The maximum absolute atomic E-state index is 12.7. The van der Waals surface area contributed by atoms with E-state index in [0.717, 1.165) is 18.6 Å². The van der Waals surface area contributed by atoms with Crippen LogP contribution in [0.25, 0.3) is 0 Å². The second-order valence-corrected chi connectivity index (χ2v) is 4.83. The lowest BCUT2D eigenvalue weighted by Crippen LogP contribution is -2.13. The number of thiazole rings is 1. The first-order valence-electron chi connectivity index (χ1n) is 5.32. The topological polar surface area (TPSA) is 39.9 Å². The molecule has 0 radical (unpaired) electrons. The smallest absolute Gasteiger partial charge is 0.436 e. The summed E-state index contributed by atoms with van der Waals surface area (Å²) in [5, 5.41) is 4.10. The molecule has 2 rings (SSSR count). The first kappa shape index (κ1) is 15.6. The van der Waals surface area contributed by atoms with Crippen molar-refractivity contribution in [2.45, 2.75) is 19.0 Å². The Morgan fingerprint density at radius 1 is 1.19 bits per heavy atom. The van der Waals surface area contributed by atoms with E-state index < -0.39 is 36.1 Å². The summed E-state index contributed by atoms with van der Waals surface area (Å²) in [5.74, 6) is -0.561. The first-order chi connectivity index (χ1) is 9.59. The summed E-state index contributed by atoms with van der Waals surface area (Å²) in [6.45, 7) is -0.504. The lowest BCUT2D eigenvalue weighted by molar-refractivity contribution is -0.145. The molecular formula is C10H7F6N3OS. The Balaban J connectivity index is 2.13. The van der Waals surface area contributed by atoms with Crippen LogP contribution in [0.5, 0.6) is 5.75 Å². The highest BCUT2D eigenvalue weighted by molar-refractivity contribution is 7.09. The Hall–Kier alpha value is -1.78. The number of rotatable bonds is 3. The van der Waals surface area contributed by atoms with Crippen molar-refractivity contribution in [2.75, 3.05) is 0 Å². The number of hydrogen-bond donors (Lipinski definition) is 0. The number of halogens is 6. The molecule has 0 spiro atoms. The summed E-state index contributed by atoms with van der Waals surface area (Å²) in [5.41, 5.74) is -2.22. The van der Waals surface area contributed by atoms with Gasteiger partial charge in [0.25, 0.3) is 0 Å². The van der Waals surface area contributed by atoms with Gasteiger partial charge in [-0.3, -0.25) is 4.68 Å². The maximum atomic E-state index is 12.7. The van der Waals surface area contributed by atoms with Crippen molar-refractivity contribution in [1.82, 2.24) is 14.8 Å². The average Bonchev–Trinajstić information content (AvgIpc) is 2.90. The lowest BCUT2D eigenvalue weighted by Gasteiger charge is -2.10. The van der Waals surface area contributed by atoms with Crippen LogP contribution in [0.1, 0.15) is 16.4 Å². The fourth-order valence-electron chi connectivity index (χ4n) is 1.49. The van der Waals surface area contributed by atoms with Crippen molar-refractivity contribution < 1.29 is 31.1 Å². The minimum Gasteiger partial charge on any atom is -0.482 e. The second kappa shape index (κ2) is 5.20. The number of aryl methyl sites for hydroxylation is 1. The predicted octanol–water partition coefficient (Wildman–Crippen LogP) is 3.49. The zero-order valence-electron chi connectivity index (χ0n) is 10.3. The molecular weight excluding hydrogens is 324 g/mol. The molecule has 0 bridgehead atoms. The Kier molecular flexibility index (Phi) is 3.87. The zero-order chi connectivity index (χ0) is 15.8. The minimum atomic E-state index is -4.68. The van der Waals surface area contributed by atoms with Gasteiger partial charge in [-0.05, 0) is 0 Å². The van der Waals surface area contributed by atoms with Crippen LogP contribution in [-0.2, 0) is 26.0 Å². The van der Waals surface area contributed by atoms with E-state index in [1.165, 1.54) is 0 Å². The Morgan fingerprint density at radius 2 is 1.86 bits per heavy atom. The summed E-state index contributed by atoms with van der Waals surface area (Å²) >= 11 is 0.651. The number of hydrogen-bond acceptors (Lipinski definition) is 4. The summed E-state index contributed by atoms with van der Waals surface area (Å²) in [6.07, 6.45) is -8.43. The van der Waals surface area contributed by atoms with Gasteiger partial charge in [-0.2, -0.15) is 31.4 Å². The summed E-state index contributed by atoms with van der Waals surface area (Å²) in [4.78, 5) is 3.26. The van der Waals surface area contributed by atoms with E-state index in [0.29, 0.717) is 16.0 Å². The molecule has 0 aliphatic carbocycles. The molecule has 2 aromatic heterocycles. The summed E-state index contributed by atoms with van der Waals surface area (Å²) < 4.78 is 80.6. The van der Waals surface area contributed by atoms with E-state index in [-0.39, 0.29) is 5.01 Å². The van der Waals surface area contributed by atoms with Gasteiger partial charge in [-0.25, -0.2) is 4.98 Å². The van der Waals surface area contributed by atoms with Gasteiger partial charge in [0.05, 0.1) is 6.20 Å². The average molecular weight is 331 g/mol. The van der Waals surface area contributed by atoms with Crippen molar-refractivity contribution in [3.63, 3.8) is 0 Å². The van der Waals surface area contributed by atoms with Crippen LogP contribution >= 0.6 is 11.3 Å². The zero-order valence-corrected chi connectivity index (χ0v) is 11.1. The molecule has 116 valence electrons. The van der Waals surface area contributed by atoms with Crippen LogP contribution < -0.4 is 4.74 Å². The number of ether oxygens (including phenoxy) is 1. The second-order valence-electron chi connectivity index (χ2n) is 3.89. The van der Waals surface area contributed by atoms with Crippen LogP contribution in [0.4, 0.5) is 26.3 Å². The molecule has 21 heavy (non-hydrogen) atoms. The fourth-order valence-corrected chi connectivity index (χ4v) is 2.21. The predicted molar refractivity (Wildman–Crippen MR) is 59.7 cm³/mol. The van der Waals surface area contributed by atoms with Crippen LogP contribution in [0, 0.1) is 0 Å². The SMILES string of the molecule is Cn1ncc(OCc2nc(C(F)(F)F)cs2)c1C(F)(F)F. The Morgan fingerprint density at radius 3 is 2.38 bits per heavy atom. The van der Waals surface area contributed by atoms with E-state index in [1.54, 1.807) is 0 Å². The molecule has 0 amide bonds. The minimum absolute atomic E-state index is 0.0840. The number of aromatic nitrogens is 3. The third kappa shape index (κ3) is 3.46. The molecule has 0 aliphatic rings. The standard InChI is InChI=1S/C10H7F6N3OS/c1-19-8(10(14,15)16)5(2-17-19)20-3-7-18-6(4-21-7)9(11,12)13/h2,4H,3H2,1H3. The van der Waals surface area contributed by atoms with Crippen molar-refractivity contribution in [3.05, 3.63) is 28.0 Å². The lowest BCUT2D eigenvalue weighted by atomic mass is 10.4. The quantitative estimate of drug-likeness (QED) is 0.808. The van der Waals surface area contributed by atoms with E-state index in [2.05, 4.69) is 10.1 Å². The van der Waals surface area contributed by atoms with Crippen LogP contribution in [0.15, 0.2) is 11.6 Å². The normalized spacial score (nSPS) is 12.7. The van der Waals surface area contributed by atoms with Gasteiger partial charge in [0.15, 0.2) is 17.1 Å². The molecule has 0 atom stereocenters. The maximum Gasteiger partial charge on any atom is 0.436 e. The van der Waals surface area contributed by atoms with Crippen LogP contribution in [0.2, 0.25) is 0 Å². The molecule has 0 saturated heterocycles. The van der Waals surface area contributed by atoms with E-state index >= 15 is 0 Å². The van der Waals surface area contributed by atoms with E-state index in [4.69, 9.17) is 4.74 Å². The third-order valence-corrected chi connectivity index (χ3v) is 3.19. The first-order valence-corrected chi connectivity index (χ1v) is 6.20. The van der Waals surface area contributed by atoms with Crippen LogP contribution in [0.3, 0.4) is 0 Å². The molecule has 2 heterocycles. The number of nitrogens with zero attached hydrogens (tertiary/aromatic N) is 3. The van der Waals surface area contributed by atoms with Gasteiger partial charge < -0.3 is 4.74 Å². The van der Waals surface area contributed by atoms with E-state index in [1.807, 2.05) is 0 Å². The molecule has 4 nitrogen and oxygen atoms in total. The highest BCUT2D eigenvalue weighted by atomic mass is 32.1. The molecule has 0 aliphatic heterocycles. The van der Waals surface area contributed by atoms with Gasteiger partial charge in [0.1, 0.15) is 11.6 Å². The van der Waals surface area contributed by atoms with Gasteiger partial charge >= 0.3 is 12.4 Å². The van der Waals surface area contributed by atoms with Gasteiger partial charge in [0, 0.05) is 12.4 Å². The van der Waals surface area contributed by atoms with Crippen molar-refractivity contribution in [3.8, 4) is 5.75 Å². The molecule has 0 N–H and O–H groups in total. The molecule has 11 heteroatoms. The molecule has 2 aromatic rings. The summed E-state index contributed by atoms with van der Waals surface area (Å²) in [7, 11) is 1.08. The van der Waals surface area contributed by atoms with E-state index in [9.17, 15) is 26.3 Å². The monoisotopic (exact) mass is 331 g/mol. The molecule has 0 fully saturated rings. The van der Waals surface area contributed by atoms with Crippen molar-refractivity contribution in [2.24, 2.45) is 7.05 Å². The fraction of sp³-hybridized carbons (Fsp3) is 0.400.